The molecule has 0 aliphatic heterocycles. The van der Waals surface area contributed by atoms with E-state index in [4.69, 9.17) is 0 Å². The lowest BCUT2D eigenvalue weighted by Gasteiger charge is -2.12. The fourth-order valence-corrected chi connectivity index (χ4v) is 3.00. The van der Waals surface area contributed by atoms with E-state index < -0.39 is 10.0 Å². The molecule has 2 rings (SSSR count). The molecule has 0 fully saturated rings. The van der Waals surface area contributed by atoms with Crippen molar-refractivity contribution >= 4 is 21.4 Å². The number of anilines is 2. The predicted octanol–water partition coefficient (Wildman–Crippen LogP) is 3.01. The van der Waals surface area contributed by atoms with Crippen LogP contribution in [0.4, 0.5) is 11.4 Å². The maximum absolute atomic E-state index is 12.5. The van der Waals surface area contributed by atoms with E-state index in [0.717, 1.165) is 12.0 Å². The summed E-state index contributed by atoms with van der Waals surface area (Å²) < 4.78 is 27.5. The van der Waals surface area contributed by atoms with Gasteiger partial charge in [-0.25, -0.2) is 4.98 Å². The van der Waals surface area contributed by atoms with Crippen LogP contribution in [-0.2, 0) is 10.0 Å². The molecule has 5 nitrogen and oxygen atoms in total. The van der Waals surface area contributed by atoms with Crippen LogP contribution in [0.2, 0.25) is 0 Å². The Kier molecular flexibility index (Phi) is 4.80. The molecule has 0 atom stereocenters. The normalized spacial score (nSPS) is 11.1. The van der Waals surface area contributed by atoms with E-state index in [1.807, 2.05) is 26.0 Å². The van der Waals surface area contributed by atoms with E-state index in [1.54, 1.807) is 24.3 Å². The molecule has 0 unspecified atom stereocenters. The molecule has 0 aliphatic carbocycles. The van der Waals surface area contributed by atoms with Gasteiger partial charge in [0.1, 0.15) is 0 Å². The molecule has 0 aliphatic rings. The zero-order chi connectivity index (χ0) is 15.3. The minimum absolute atomic E-state index is 0.0130. The number of nitrogens with one attached hydrogen (secondary N) is 2. The van der Waals surface area contributed by atoms with Gasteiger partial charge in [0.2, 0.25) is 0 Å². The first kappa shape index (κ1) is 15.3. The molecule has 21 heavy (non-hydrogen) atoms. The van der Waals surface area contributed by atoms with E-state index in [9.17, 15) is 8.42 Å². The molecular formula is C15H19N3O2S. The molecule has 0 saturated carbocycles. The molecule has 0 saturated heterocycles. The lowest BCUT2D eigenvalue weighted by molar-refractivity contribution is 0.598. The van der Waals surface area contributed by atoms with Crippen LogP contribution in [0.5, 0.6) is 0 Å². The molecule has 1 aromatic heterocycles. The van der Waals surface area contributed by atoms with Crippen LogP contribution in [0.3, 0.4) is 0 Å². The zero-order valence-corrected chi connectivity index (χ0v) is 12.9. The van der Waals surface area contributed by atoms with Gasteiger partial charge in [-0.05, 0) is 37.6 Å². The highest BCUT2D eigenvalue weighted by Gasteiger charge is 2.20. The van der Waals surface area contributed by atoms with E-state index in [-0.39, 0.29) is 5.03 Å². The SMILES string of the molecule is CCCNc1cccnc1S(=O)(=O)Nc1ccc(C)cc1. The van der Waals surface area contributed by atoms with Crippen LogP contribution in [-0.4, -0.2) is 19.9 Å². The number of pyridine rings is 1. The van der Waals surface area contributed by atoms with E-state index >= 15 is 0 Å². The maximum Gasteiger partial charge on any atom is 0.281 e. The summed E-state index contributed by atoms with van der Waals surface area (Å²) in [7, 11) is -3.71. The highest BCUT2D eigenvalue weighted by atomic mass is 32.2. The molecule has 1 aromatic carbocycles. The Bertz CT molecular complexity index is 697. The molecule has 112 valence electrons. The van der Waals surface area contributed by atoms with Gasteiger partial charge in [-0.2, -0.15) is 8.42 Å². The zero-order valence-electron chi connectivity index (χ0n) is 12.1. The summed E-state index contributed by atoms with van der Waals surface area (Å²) in [4.78, 5) is 4.00. The van der Waals surface area contributed by atoms with Crippen molar-refractivity contribution in [1.82, 2.24) is 4.98 Å². The van der Waals surface area contributed by atoms with Crippen molar-refractivity contribution in [3.63, 3.8) is 0 Å². The summed E-state index contributed by atoms with van der Waals surface area (Å²) in [5.74, 6) is 0. The van der Waals surface area contributed by atoms with Gasteiger partial charge < -0.3 is 5.32 Å². The molecule has 0 spiro atoms. The first-order valence-corrected chi connectivity index (χ1v) is 8.29. The monoisotopic (exact) mass is 305 g/mol. The maximum atomic E-state index is 12.5. The fraction of sp³-hybridized carbons (Fsp3) is 0.267. The van der Waals surface area contributed by atoms with Gasteiger partial charge in [-0.3, -0.25) is 4.72 Å². The molecule has 2 N–H and O–H groups in total. The number of rotatable bonds is 6. The predicted molar refractivity (Wildman–Crippen MR) is 85.0 cm³/mol. The number of nitrogens with zero attached hydrogens (tertiary/aromatic N) is 1. The average Bonchev–Trinajstić information content (AvgIpc) is 2.47. The Morgan fingerprint density at radius 1 is 1.14 bits per heavy atom. The Balaban J connectivity index is 2.29. The number of sulfonamides is 1. The molecule has 0 radical (unpaired) electrons. The second-order valence-electron chi connectivity index (χ2n) is 4.75. The number of benzene rings is 1. The Morgan fingerprint density at radius 3 is 2.52 bits per heavy atom. The third-order valence-corrected chi connectivity index (χ3v) is 4.23. The van der Waals surface area contributed by atoms with Gasteiger partial charge in [-0.15, -0.1) is 0 Å². The lowest BCUT2D eigenvalue weighted by atomic mass is 10.2. The Morgan fingerprint density at radius 2 is 1.86 bits per heavy atom. The number of aromatic nitrogens is 1. The summed E-state index contributed by atoms with van der Waals surface area (Å²) >= 11 is 0. The van der Waals surface area contributed by atoms with Crippen LogP contribution < -0.4 is 10.0 Å². The van der Waals surface area contributed by atoms with Gasteiger partial charge >= 0.3 is 0 Å². The van der Waals surface area contributed by atoms with Gasteiger partial charge in [0.05, 0.1) is 5.69 Å². The van der Waals surface area contributed by atoms with Crippen molar-refractivity contribution in [2.24, 2.45) is 0 Å². The largest absolute Gasteiger partial charge is 0.383 e. The number of aryl methyl sites for hydroxylation is 1. The lowest BCUT2D eigenvalue weighted by Crippen LogP contribution is -2.17. The third kappa shape index (κ3) is 3.95. The van der Waals surface area contributed by atoms with Crippen molar-refractivity contribution < 1.29 is 8.42 Å². The highest BCUT2D eigenvalue weighted by molar-refractivity contribution is 7.92. The van der Waals surface area contributed by atoms with Crippen LogP contribution in [0.25, 0.3) is 0 Å². The van der Waals surface area contributed by atoms with Crippen molar-refractivity contribution in [1.29, 1.82) is 0 Å². The third-order valence-electron chi connectivity index (χ3n) is 2.89. The van der Waals surface area contributed by atoms with Crippen LogP contribution in [0.1, 0.15) is 18.9 Å². The fourth-order valence-electron chi connectivity index (χ4n) is 1.82. The minimum Gasteiger partial charge on any atom is -0.383 e. The summed E-state index contributed by atoms with van der Waals surface area (Å²) in [6.45, 7) is 4.66. The van der Waals surface area contributed by atoms with Gasteiger partial charge in [0, 0.05) is 18.4 Å². The van der Waals surface area contributed by atoms with E-state index in [1.165, 1.54) is 6.20 Å². The van der Waals surface area contributed by atoms with Crippen molar-refractivity contribution in [3.8, 4) is 0 Å². The van der Waals surface area contributed by atoms with E-state index in [2.05, 4.69) is 15.0 Å². The average molecular weight is 305 g/mol. The first-order valence-electron chi connectivity index (χ1n) is 6.81. The summed E-state index contributed by atoms with van der Waals surface area (Å²) in [6.07, 6.45) is 2.38. The molecule has 0 bridgehead atoms. The molecule has 2 aromatic rings. The van der Waals surface area contributed by atoms with Crippen molar-refractivity contribution in [2.45, 2.75) is 25.3 Å². The smallest absolute Gasteiger partial charge is 0.281 e. The molecular weight excluding hydrogens is 286 g/mol. The summed E-state index contributed by atoms with van der Waals surface area (Å²) in [5.41, 5.74) is 2.10. The van der Waals surface area contributed by atoms with Crippen LogP contribution in [0, 0.1) is 6.92 Å². The molecule has 6 heteroatoms. The molecule has 1 heterocycles. The minimum atomic E-state index is -3.71. The standard InChI is InChI=1S/C15H19N3O2S/c1-3-10-16-14-5-4-11-17-15(14)21(19,20)18-13-8-6-12(2)7-9-13/h4-9,11,16,18H,3,10H2,1-2H3. The summed E-state index contributed by atoms with van der Waals surface area (Å²) in [5, 5.41) is 3.10. The first-order chi connectivity index (χ1) is 10.0. The van der Waals surface area contributed by atoms with Gasteiger partial charge in [-0.1, -0.05) is 24.6 Å². The van der Waals surface area contributed by atoms with Crippen LogP contribution >= 0.6 is 0 Å². The van der Waals surface area contributed by atoms with E-state index in [0.29, 0.717) is 17.9 Å². The quantitative estimate of drug-likeness (QED) is 0.860. The van der Waals surface area contributed by atoms with Crippen LogP contribution in [0.15, 0.2) is 47.6 Å². The Hall–Kier alpha value is -2.08. The number of hydrogen-bond acceptors (Lipinski definition) is 4. The molecule has 0 amide bonds. The van der Waals surface area contributed by atoms with Crippen molar-refractivity contribution in [2.75, 3.05) is 16.6 Å². The van der Waals surface area contributed by atoms with Crippen molar-refractivity contribution in [3.05, 3.63) is 48.2 Å². The highest BCUT2D eigenvalue weighted by Crippen LogP contribution is 2.21. The second-order valence-corrected chi connectivity index (χ2v) is 6.35. The summed E-state index contributed by atoms with van der Waals surface area (Å²) in [6, 6.07) is 10.6. The van der Waals surface area contributed by atoms with Gasteiger partial charge in [0.25, 0.3) is 10.0 Å². The van der Waals surface area contributed by atoms with Gasteiger partial charge in [0.15, 0.2) is 5.03 Å². The topological polar surface area (TPSA) is 71.1 Å². The number of hydrogen-bond donors (Lipinski definition) is 2. The second kappa shape index (κ2) is 6.58. The Labute approximate surface area is 125 Å².